The Kier molecular flexibility index (Phi) is 7.84. The summed E-state index contributed by atoms with van der Waals surface area (Å²) in [6.07, 6.45) is 0. The molecule has 0 unspecified atom stereocenters. The van der Waals surface area contributed by atoms with Gasteiger partial charge in [-0.15, -0.1) is 0 Å². The fraction of sp³-hybridized carbons (Fsp3) is 0. The van der Waals surface area contributed by atoms with Gasteiger partial charge in [-0.25, -0.2) is 9.97 Å². The standard InChI is InChI=1S/C48H33N3/c1-5-13-34(14-6-1)36-21-27-41(28-22-36)51(42-29-23-37(24-30-42)35-15-7-2-8-16-35)43-31-25-38-26-32-45-48(44(38)33-43)50-47(40-19-11-4-12-20-40)46(49-45)39-17-9-3-10-18-39/h1-33H. The molecule has 9 aromatic rings. The maximum absolute atomic E-state index is 5.41. The number of benzene rings is 8. The lowest BCUT2D eigenvalue weighted by Crippen LogP contribution is -2.10. The summed E-state index contributed by atoms with van der Waals surface area (Å²) in [5.74, 6) is 0. The minimum atomic E-state index is 0.865. The van der Waals surface area contributed by atoms with Crippen molar-refractivity contribution in [1.82, 2.24) is 9.97 Å². The zero-order valence-corrected chi connectivity index (χ0v) is 27.9. The fourth-order valence-electron chi connectivity index (χ4n) is 6.87. The van der Waals surface area contributed by atoms with E-state index in [0.717, 1.165) is 61.4 Å². The largest absolute Gasteiger partial charge is 0.310 e. The van der Waals surface area contributed by atoms with Crippen LogP contribution in [-0.2, 0) is 0 Å². The van der Waals surface area contributed by atoms with Crippen molar-refractivity contribution >= 4 is 38.9 Å². The van der Waals surface area contributed by atoms with Crippen LogP contribution in [0.4, 0.5) is 17.1 Å². The molecule has 0 radical (unpaired) electrons. The summed E-state index contributed by atoms with van der Waals surface area (Å²) in [7, 11) is 0. The molecule has 0 aliphatic heterocycles. The van der Waals surface area contributed by atoms with Crippen molar-refractivity contribution < 1.29 is 0 Å². The zero-order valence-electron chi connectivity index (χ0n) is 27.9. The van der Waals surface area contributed by atoms with Crippen molar-refractivity contribution in [2.24, 2.45) is 0 Å². The Bertz CT molecular complexity index is 2500. The van der Waals surface area contributed by atoms with Gasteiger partial charge in [-0.3, -0.25) is 0 Å². The van der Waals surface area contributed by atoms with E-state index in [1.54, 1.807) is 0 Å². The predicted octanol–water partition coefficient (Wildman–Crippen LogP) is 12.9. The molecule has 3 nitrogen and oxygen atoms in total. The Morgan fingerprint density at radius 2 is 0.706 bits per heavy atom. The molecule has 0 atom stereocenters. The molecule has 0 amide bonds. The highest BCUT2D eigenvalue weighted by Gasteiger charge is 2.18. The van der Waals surface area contributed by atoms with Crippen LogP contribution in [0.3, 0.4) is 0 Å². The Morgan fingerprint density at radius 3 is 1.20 bits per heavy atom. The highest BCUT2D eigenvalue weighted by molar-refractivity contribution is 6.07. The molecule has 1 heterocycles. The summed E-state index contributed by atoms with van der Waals surface area (Å²) < 4.78 is 0. The molecular weight excluding hydrogens is 619 g/mol. The number of hydrogen-bond donors (Lipinski definition) is 0. The molecule has 0 aliphatic rings. The normalized spacial score (nSPS) is 11.1. The first-order chi connectivity index (χ1) is 25.3. The summed E-state index contributed by atoms with van der Waals surface area (Å²) in [6, 6.07) is 70.3. The monoisotopic (exact) mass is 651 g/mol. The van der Waals surface area contributed by atoms with Crippen molar-refractivity contribution in [1.29, 1.82) is 0 Å². The van der Waals surface area contributed by atoms with Crippen LogP contribution < -0.4 is 4.90 Å². The maximum Gasteiger partial charge on any atom is 0.0973 e. The lowest BCUT2D eigenvalue weighted by molar-refractivity contribution is 1.28. The van der Waals surface area contributed by atoms with Gasteiger partial charge in [0.25, 0.3) is 0 Å². The maximum atomic E-state index is 5.41. The van der Waals surface area contributed by atoms with Crippen molar-refractivity contribution in [3.8, 4) is 44.8 Å². The van der Waals surface area contributed by atoms with E-state index in [2.05, 4.69) is 193 Å². The molecule has 8 aromatic carbocycles. The lowest BCUT2D eigenvalue weighted by Gasteiger charge is -2.26. The smallest absolute Gasteiger partial charge is 0.0973 e. The third kappa shape index (κ3) is 5.92. The summed E-state index contributed by atoms with van der Waals surface area (Å²) in [4.78, 5) is 13.0. The van der Waals surface area contributed by atoms with E-state index in [9.17, 15) is 0 Å². The minimum absolute atomic E-state index is 0.865. The summed E-state index contributed by atoms with van der Waals surface area (Å²) in [5, 5.41) is 2.17. The quantitative estimate of drug-likeness (QED) is 0.161. The average molecular weight is 652 g/mol. The van der Waals surface area contributed by atoms with Gasteiger partial charge < -0.3 is 4.90 Å². The molecule has 240 valence electrons. The van der Waals surface area contributed by atoms with Crippen LogP contribution in [0, 0.1) is 0 Å². The van der Waals surface area contributed by atoms with E-state index in [1.807, 2.05) is 12.1 Å². The second-order valence-corrected chi connectivity index (χ2v) is 12.7. The highest BCUT2D eigenvalue weighted by atomic mass is 15.1. The minimum Gasteiger partial charge on any atom is -0.310 e. The molecule has 0 saturated heterocycles. The number of nitrogens with zero attached hydrogens (tertiary/aromatic N) is 3. The van der Waals surface area contributed by atoms with E-state index in [1.165, 1.54) is 22.3 Å². The molecule has 3 heteroatoms. The van der Waals surface area contributed by atoms with Crippen LogP contribution in [0.15, 0.2) is 200 Å². The van der Waals surface area contributed by atoms with Gasteiger partial charge in [-0.2, -0.15) is 0 Å². The predicted molar refractivity (Wildman–Crippen MR) is 213 cm³/mol. The van der Waals surface area contributed by atoms with Gasteiger partial charge in [0.15, 0.2) is 0 Å². The molecular formula is C48H33N3. The van der Waals surface area contributed by atoms with Gasteiger partial charge in [0.05, 0.1) is 22.4 Å². The molecule has 9 rings (SSSR count). The van der Waals surface area contributed by atoms with E-state index in [0.29, 0.717) is 0 Å². The second-order valence-electron chi connectivity index (χ2n) is 12.7. The van der Waals surface area contributed by atoms with Crippen LogP contribution in [0.5, 0.6) is 0 Å². The summed E-state index contributed by atoms with van der Waals surface area (Å²) in [6.45, 7) is 0. The van der Waals surface area contributed by atoms with Gasteiger partial charge in [-0.1, -0.05) is 158 Å². The van der Waals surface area contributed by atoms with Crippen LogP contribution in [0.2, 0.25) is 0 Å². The molecule has 0 aliphatic carbocycles. The fourth-order valence-corrected chi connectivity index (χ4v) is 6.87. The Labute approximate surface area is 297 Å². The topological polar surface area (TPSA) is 29.0 Å². The van der Waals surface area contributed by atoms with Crippen LogP contribution in [0.1, 0.15) is 0 Å². The second kappa shape index (κ2) is 13.2. The summed E-state index contributed by atoms with van der Waals surface area (Å²) in [5.41, 5.74) is 13.5. The highest BCUT2D eigenvalue weighted by Crippen LogP contribution is 2.40. The third-order valence-electron chi connectivity index (χ3n) is 9.45. The molecule has 0 N–H and O–H groups in total. The number of hydrogen-bond acceptors (Lipinski definition) is 3. The average Bonchev–Trinajstić information content (AvgIpc) is 3.22. The van der Waals surface area contributed by atoms with Crippen molar-refractivity contribution in [2.45, 2.75) is 0 Å². The number of rotatable bonds is 7. The third-order valence-corrected chi connectivity index (χ3v) is 9.45. The van der Waals surface area contributed by atoms with Gasteiger partial charge in [0.2, 0.25) is 0 Å². The van der Waals surface area contributed by atoms with E-state index >= 15 is 0 Å². The van der Waals surface area contributed by atoms with Crippen LogP contribution >= 0.6 is 0 Å². The number of fused-ring (bicyclic) bond motifs is 3. The van der Waals surface area contributed by atoms with Gasteiger partial charge in [0.1, 0.15) is 0 Å². The Balaban J connectivity index is 1.22. The first kappa shape index (κ1) is 30.2. The first-order valence-corrected chi connectivity index (χ1v) is 17.2. The number of aromatic nitrogens is 2. The SMILES string of the molecule is c1ccc(-c2ccc(N(c3ccc(-c4ccccc4)cc3)c3ccc4ccc5nc(-c6ccccc6)c(-c6ccccc6)nc5c4c3)cc2)cc1. The van der Waals surface area contributed by atoms with Gasteiger partial charge >= 0.3 is 0 Å². The van der Waals surface area contributed by atoms with Gasteiger partial charge in [0, 0.05) is 33.6 Å². The van der Waals surface area contributed by atoms with E-state index in [4.69, 9.17) is 9.97 Å². The van der Waals surface area contributed by atoms with Crippen molar-refractivity contribution in [3.63, 3.8) is 0 Å². The Hall–Kier alpha value is -6.84. The molecule has 0 saturated carbocycles. The zero-order chi connectivity index (χ0) is 34.0. The van der Waals surface area contributed by atoms with Gasteiger partial charge in [-0.05, 0) is 70.1 Å². The molecule has 51 heavy (non-hydrogen) atoms. The molecule has 1 aromatic heterocycles. The van der Waals surface area contributed by atoms with Crippen LogP contribution in [0.25, 0.3) is 66.6 Å². The van der Waals surface area contributed by atoms with Crippen LogP contribution in [-0.4, -0.2) is 9.97 Å². The van der Waals surface area contributed by atoms with E-state index in [-0.39, 0.29) is 0 Å². The molecule has 0 bridgehead atoms. The summed E-state index contributed by atoms with van der Waals surface area (Å²) >= 11 is 0. The molecule has 0 spiro atoms. The number of anilines is 3. The van der Waals surface area contributed by atoms with Crippen molar-refractivity contribution in [2.75, 3.05) is 4.90 Å². The van der Waals surface area contributed by atoms with Crippen molar-refractivity contribution in [3.05, 3.63) is 200 Å². The lowest BCUT2D eigenvalue weighted by atomic mass is 10.0. The molecule has 0 fully saturated rings. The first-order valence-electron chi connectivity index (χ1n) is 17.2. The Morgan fingerprint density at radius 1 is 0.314 bits per heavy atom. The van der Waals surface area contributed by atoms with E-state index < -0.39 is 0 Å².